The molecule has 0 fully saturated rings. The average Bonchev–Trinajstić information content (AvgIpc) is 3.03. The number of hydrogen-bond donors (Lipinski definition) is 1. The van der Waals surface area contributed by atoms with Crippen molar-refractivity contribution >= 4 is 41.7 Å². The van der Waals surface area contributed by atoms with E-state index in [1.54, 1.807) is 0 Å². The molecule has 0 saturated heterocycles. The summed E-state index contributed by atoms with van der Waals surface area (Å²) >= 11 is 1.85. The summed E-state index contributed by atoms with van der Waals surface area (Å²) in [4.78, 5) is 6.92. The lowest BCUT2D eigenvalue weighted by molar-refractivity contribution is 0.436. The molecule has 0 aliphatic carbocycles. The van der Waals surface area contributed by atoms with Crippen LogP contribution in [0.15, 0.2) is 59.6 Å². The second-order valence-electron chi connectivity index (χ2n) is 5.72. The fourth-order valence-electron chi connectivity index (χ4n) is 2.71. The van der Waals surface area contributed by atoms with Gasteiger partial charge in [0.25, 0.3) is 0 Å². The van der Waals surface area contributed by atoms with Crippen LogP contribution in [-0.2, 0) is 18.8 Å². The number of halogens is 1. The molecular formula is C19H24IN3S. The van der Waals surface area contributed by atoms with Crippen LogP contribution in [0.3, 0.4) is 0 Å². The molecule has 0 radical (unpaired) electrons. The Morgan fingerprint density at radius 2 is 1.71 bits per heavy atom. The summed E-state index contributed by atoms with van der Waals surface area (Å²) in [6.07, 6.45) is 2.13. The highest BCUT2D eigenvalue weighted by Crippen LogP contribution is 2.12. The van der Waals surface area contributed by atoms with E-state index in [0.29, 0.717) is 0 Å². The van der Waals surface area contributed by atoms with Crippen molar-refractivity contribution in [2.24, 2.45) is 4.99 Å². The molecule has 1 aliphatic heterocycles. The Bertz CT molecular complexity index is 643. The monoisotopic (exact) mass is 453 g/mol. The van der Waals surface area contributed by atoms with Gasteiger partial charge in [0.1, 0.15) is 0 Å². The van der Waals surface area contributed by atoms with Gasteiger partial charge < -0.3 is 10.2 Å². The fourth-order valence-corrected chi connectivity index (χ4v) is 3.23. The highest BCUT2D eigenvalue weighted by atomic mass is 127. The van der Waals surface area contributed by atoms with Gasteiger partial charge in [-0.25, -0.2) is 0 Å². The second-order valence-corrected chi connectivity index (χ2v) is 6.58. The van der Waals surface area contributed by atoms with E-state index in [9.17, 15) is 0 Å². The van der Waals surface area contributed by atoms with Crippen molar-refractivity contribution in [2.75, 3.05) is 19.3 Å². The Balaban J connectivity index is 0.00000208. The van der Waals surface area contributed by atoms with Gasteiger partial charge in [0.05, 0.1) is 6.54 Å². The largest absolute Gasteiger partial charge is 0.352 e. The first-order valence-corrected chi connectivity index (χ1v) is 9.38. The molecule has 2 aromatic carbocycles. The Labute approximate surface area is 166 Å². The molecule has 24 heavy (non-hydrogen) atoms. The lowest BCUT2D eigenvalue weighted by Gasteiger charge is -2.21. The minimum absolute atomic E-state index is 0. The van der Waals surface area contributed by atoms with E-state index < -0.39 is 0 Å². The molecular weight excluding hydrogens is 429 g/mol. The van der Waals surface area contributed by atoms with Gasteiger partial charge in [-0.05, 0) is 22.9 Å². The van der Waals surface area contributed by atoms with Crippen LogP contribution in [0.25, 0.3) is 0 Å². The molecule has 3 rings (SSSR count). The number of rotatable bonds is 6. The van der Waals surface area contributed by atoms with Crippen LogP contribution in [-0.4, -0.2) is 30.2 Å². The SMILES string of the molecule is CSCc1ccc(CNC2=NCCN2Cc2ccccc2)cc1.I. The van der Waals surface area contributed by atoms with Gasteiger partial charge in [0.2, 0.25) is 0 Å². The highest BCUT2D eigenvalue weighted by Gasteiger charge is 2.16. The number of nitrogens with one attached hydrogen (secondary N) is 1. The van der Waals surface area contributed by atoms with Crippen LogP contribution >= 0.6 is 35.7 Å². The van der Waals surface area contributed by atoms with Crippen molar-refractivity contribution in [1.29, 1.82) is 0 Å². The molecule has 1 aliphatic rings. The molecule has 5 heteroatoms. The summed E-state index contributed by atoms with van der Waals surface area (Å²) in [6, 6.07) is 19.4. The first-order chi connectivity index (χ1) is 11.3. The first kappa shape index (κ1) is 19.1. The fraction of sp³-hybridized carbons (Fsp3) is 0.316. The van der Waals surface area contributed by atoms with E-state index in [4.69, 9.17) is 0 Å². The Morgan fingerprint density at radius 1 is 1.00 bits per heavy atom. The van der Waals surface area contributed by atoms with Crippen molar-refractivity contribution in [1.82, 2.24) is 10.2 Å². The van der Waals surface area contributed by atoms with Gasteiger partial charge in [-0.15, -0.1) is 24.0 Å². The van der Waals surface area contributed by atoms with Crippen LogP contribution in [0.1, 0.15) is 16.7 Å². The summed E-state index contributed by atoms with van der Waals surface area (Å²) < 4.78 is 0. The molecule has 128 valence electrons. The summed E-state index contributed by atoms with van der Waals surface area (Å²) in [5.74, 6) is 2.09. The normalized spacial score (nSPS) is 13.4. The molecule has 0 aromatic heterocycles. The standard InChI is InChI=1S/C19H23N3S.HI/c1-23-15-18-9-7-16(8-10-18)13-21-19-20-11-12-22(19)14-17-5-3-2-4-6-17;/h2-10H,11-15H2,1H3,(H,20,21);1H. The zero-order chi connectivity index (χ0) is 15.9. The van der Waals surface area contributed by atoms with Crippen molar-refractivity contribution in [2.45, 2.75) is 18.8 Å². The number of thioether (sulfide) groups is 1. The van der Waals surface area contributed by atoms with Crippen LogP contribution in [0.4, 0.5) is 0 Å². The first-order valence-electron chi connectivity index (χ1n) is 7.99. The predicted octanol–water partition coefficient (Wildman–Crippen LogP) is 4.13. The molecule has 3 nitrogen and oxygen atoms in total. The zero-order valence-electron chi connectivity index (χ0n) is 13.9. The summed E-state index contributed by atoms with van der Waals surface area (Å²) in [7, 11) is 0. The van der Waals surface area contributed by atoms with E-state index in [0.717, 1.165) is 37.9 Å². The van der Waals surface area contributed by atoms with Crippen molar-refractivity contribution in [3.63, 3.8) is 0 Å². The number of aliphatic imine (C=N–C) groups is 1. The zero-order valence-corrected chi connectivity index (χ0v) is 17.1. The molecule has 0 amide bonds. The van der Waals surface area contributed by atoms with E-state index in [1.807, 2.05) is 11.8 Å². The highest BCUT2D eigenvalue weighted by molar-refractivity contribution is 14.0. The van der Waals surface area contributed by atoms with Gasteiger partial charge in [-0.2, -0.15) is 11.8 Å². The van der Waals surface area contributed by atoms with Gasteiger partial charge in [0.15, 0.2) is 5.96 Å². The van der Waals surface area contributed by atoms with Crippen LogP contribution in [0.5, 0.6) is 0 Å². The van der Waals surface area contributed by atoms with Crippen molar-refractivity contribution in [3.05, 3.63) is 71.3 Å². The van der Waals surface area contributed by atoms with Crippen LogP contribution < -0.4 is 5.32 Å². The lowest BCUT2D eigenvalue weighted by atomic mass is 10.1. The number of hydrogen-bond acceptors (Lipinski definition) is 4. The molecule has 0 bridgehead atoms. The van der Waals surface area contributed by atoms with Crippen molar-refractivity contribution in [3.8, 4) is 0 Å². The van der Waals surface area contributed by atoms with Gasteiger partial charge in [0, 0.05) is 25.4 Å². The maximum absolute atomic E-state index is 4.60. The Kier molecular flexibility index (Phi) is 7.91. The molecule has 2 aromatic rings. The number of benzene rings is 2. The summed E-state index contributed by atoms with van der Waals surface area (Å²) in [6.45, 7) is 3.61. The summed E-state index contributed by atoms with van der Waals surface area (Å²) in [5.41, 5.74) is 4.00. The Morgan fingerprint density at radius 3 is 2.42 bits per heavy atom. The smallest absolute Gasteiger partial charge is 0.194 e. The maximum Gasteiger partial charge on any atom is 0.194 e. The molecule has 0 unspecified atom stereocenters. The van der Waals surface area contributed by atoms with E-state index in [-0.39, 0.29) is 24.0 Å². The maximum atomic E-state index is 4.60. The summed E-state index contributed by atoms with van der Waals surface area (Å²) in [5, 5.41) is 3.49. The van der Waals surface area contributed by atoms with Crippen molar-refractivity contribution < 1.29 is 0 Å². The molecule has 1 N–H and O–H groups in total. The minimum atomic E-state index is 0. The molecule has 0 saturated carbocycles. The van der Waals surface area contributed by atoms with E-state index >= 15 is 0 Å². The number of nitrogens with zero attached hydrogens (tertiary/aromatic N) is 2. The second kappa shape index (κ2) is 9.93. The third kappa shape index (κ3) is 5.41. The average molecular weight is 453 g/mol. The number of guanidine groups is 1. The van der Waals surface area contributed by atoms with Gasteiger partial charge in [-0.3, -0.25) is 4.99 Å². The van der Waals surface area contributed by atoms with Crippen LogP contribution in [0.2, 0.25) is 0 Å². The van der Waals surface area contributed by atoms with Crippen LogP contribution in [0, 0.1) is 0 Å². The predicted molar refractivity (Wildman–Crippen MR) is 115 cm³/mol. The quantitative estimate of drug-likeness (QED) is 0.667. The Hall–Kier alpha value is -1.21. The lowest BCUT2D eigenvalue weighted by Crippen LogP contribution is -2.37. The van der Waals surface area contributed by atoms with E-state index in [1.165, 1.54) is 16.7 Å². The molecule has 1 heterocycles. The molecule has 0 atom stereocenters. The third-order valence-electron chi connectivity index (χ3n) is 3.93. The molecule has 0 spiro atoms. The minimum Gasteiger partial charge on any atom is -0.352 e. The topological polar surface area (TPSA) is 27.6 Å². The van der Waals surface area contributed by atoms with Gasteiger partial charge in [-0.1, -0.05) is 54.6 Å². The third-order valence-corrected chi connectivity index (χ3v) is 4.55. The van der Waals surface area contributed by atoms with E-state index in [2.05, 4.69) is 76.1 Å². The van der Waals surface area contributed by atoms with Gasteiger partial charge >= 0.3 is 0 Å².